The number of fused-ring (bicyclic) bond motifs is 1. The van der Waals surface area contributed by atoms with Gasteiger partial charge in [0.05, 0.1) is 33.9 Å². The van der Waals surface area contributed by atoms with E-state index in [9.17, 15) is 4.79 Å². The SMILES string of the molecule is COc1ccccc1CNC(=O)CN1CCc2cc(OC)c(OC)cc2C1c1ccccc1. The maximum atomic E-state index is 13.0. The van der Waals surface area contributed by atoms with Gasteiger partial charge in [0.1, 0.15) is 5.75 Å². The molecule has 3 aromatic carbocycles. The summed E-state index contributed by atoms with van der Waals surface area (Å²) in [5.41, 5.74) is 4.45. The number of benzene rings is 3. The fourth-order valence-corrected chi connectivity index (χ4v) is 4.48. The normalized spacial score (nSPS) is 15.4. The van der Waals surface area contributed by atoms with E-state index in [0.717, 1.165) is 41.2 Å². The molecule has 4 rings (SSSR count). The highest BCUT2D eigenvalue weighted by molar-refractivity contribution is 5.78. The molecule has 1 unspecified atom stereocenters. The van der Waals surface area contributed by atoms with Gasteiger partial charge in [-0.15, -0.1) is 0 Å². The van der Waals surface area contributed by atoms with Crippen molar-refractivity contribution in [1.29, 1.82) is 0 Å². The molecular weight excluding hydrogens is 416 g/mol. The van der Waals surface area contributed by atoms with Gasteiger partial charge < -0.3 is 19.5 Å². The number of amides is 1. The zero-order valence-corrected chi connectivity index (χ0v) is 19.3. The number of carbonyl (C=O) groups is 1. The van der Waals surface area contributed by atoms with Crippen molar-refractivity contribution in [3.63, 3.8) is 0 Å². The number of methoxy groups -OCH3 is 3. The summed E-state index contributed by atoms with van der Waals surface area (Å²) in [6.45, 7) is 1.49. The third kappa shape index (κ3) is 4.96. The Morgan fingerprint density at radius 2 is 1.58 bits per heavy atom. The van der Waals surface area contributed by atoms with Crippen molar-refractivity contribution in [2.24, 2.45) is 0 Å². The fraction of sp³-hybridized carbons (Fsp3) is 0.296. The molecule has 0 spiro atoms. The van der Waals surface area contributed by atoms with Crippen LogP contribution >= 0.6 is 0 Å². The lowest BCUT2D eigenvalue weighted by atomic mass is 9.87. The van der Waals surface area contributed by atoms with Gasteiger partial charge in [0.25, 0.3) is 0 Å². The fourth-order valence-electron chi connectivity index (χ4n) is 4.48. The smallest absolute Gasteiger partial charge is 0.234 e. The summed E-state index contributed by atoms with van der Waals surface area (Å²) in [5, 5.41) is 3.05. The summed E-state index contributed by atoms with van der Waals surface area (Å²) in [4.78, 5) is 15.2. The zero-order chi connectivity index (χ0) is 23.2. The average Bonchev–Trinajstić information content (AvgIpc) is 2.87. The van der Waals surface area contributed by atoms with Crippen molar-refractivity contribution in [3.8, 4) is 17.2 Å². The lowest BCUT2D eigenvalue weighted by Gasteiger charge is -2.37. The summed E-state index contributed by atoms with van der Waals surface area (Å²) >= 11 is 0. The standard InChI is InChI=1S/C27H30N2O4/c1-31-23-12-8-7-11-21(23)17-28-26(30)18-29-14-13-20-15-24(32-2)25(33-3)16-22(20)27(29)19-9-5-4-6-10-19/h4-12,15-16,27H,13-14,17-18H2,1-3H3,(H,28,30). The first-order valence-electron chi connectivity index (χ1n) is 11.1. The van der Waals surface area contributed by atoms with Crippen LogP contribution in [0.15, 0.2) is 66.7 Å². The summed E-state index contributed by atoms with van der Waals surface area (Å²) in [7, 11) is 4.94. The molecule has 0 saturated carbocycles. The van der Waals surface area contributed by atoms with E-state index in [4.69, 9.17) is 14.2 Å². The molecule has 172 valence electrons. The van der Waals surface area contributed by atoms with Crippen LogP contribution in [-0.4, -0.2) is 45.2 Å². The van der Waals surface area contributed by atoms with Gasteiger partial charge in [-0.1, -0.05) is 48.5 Å². The van der Waals surface area contributed by atoms with Gasteiger partial charge in [-0.3, -0.25) is 9.69 Å². The van der Waals surface area contributed by atoms with Gasteiger partial charge in [0.2, 0.25) is 5.91 Å². The van der Waals surface area contributed by atoms with E-state index < -0.39 is 0 Å². The molecular formula is C27H30N2O4. The van der Waals surface area contributed by atoms with Crippen LogP contribution < -0.4 is 19.5 Å². The highest BCUT2D eigenvalue weighted by atomic mass is 16.5. The van der Waals surface area contributed by atoms with Crippen LogP contribution in [0.5, 0.6) is 17.2 Å². The second-order valence-corrected chi connectivity index (χ2v) is 8.03. The Morgan fingerprint density at radius 3 is 2.30 bits per heavy atom. The highest BCUT2D eigenvalue weighted by Gasteiger charge is 2.31. The van der Waals surface area contributed by atoms with Crippen molar-refractivity contribution < 1.29 is 19.0 Å². The van der Waals surface area contributed by atoms with Crippen LogP contribution in [0.1, 0.15) is 28.3 Å². The molecule has 1 aliphatic rings. The Hall–Kier alpha value is -3.51. The van der Waals surface area contributed by atoms with Gasteiger partial charge in [0.15, 0.2) is 11.5 Å². The molecule has 1 atom stereocenters. The molecule has 1 N–H and O–H groups in total. The average molecular weight is 447 g/mol. The Balaban J connectivity index is 1.58. The Labute approximate surface area is 195 Å². The van der Waals surface area contributed by atoms with E-state index in [1.165, 1.54) is 5.56 Å². The first-order chi connectivity index (χ1) is 16.1. The molecule has 33 heavy (non-hydrogen) atoms. The van der Waals surface area contributed by atoms with Crippen LogP contribution in [-0.2, 0) is 17.8 Å². The predicted octanol–water partition coefficient (Wildman–Crippen LogP) is 3.98. The van der Waals surface area contributed by atoms with E-state index in [2.05, 4.69) is 28.4 Å². The minimum atomic E-state index is -0.0493. The van der Waals surface area contributed by atoms with Crippen LogP contribution in [0.4, 0.5) is 0 Å². The van der Waals surface area contributed by atoms with Gasteiger partial charge in [-0.25, -0.2) is 0 Å². The Bertz CT molecular complexity index is 1100. The van der Waals surface area contributed by atoms with E-state index in [1.807, 2.05) is 48.5 Å². The molecule has 6 heteroatoms. The Morgan fingerprint density at radius 1 is 0.909 bits per heavy atom. The maximum absolute atomic E-state index is 13.0. The van der Waals surface area contributed by atoms with E-state index in [0.29, 0.717) is 18.8 Å². The molecule has 0 aliphatic carbocycles. The first kappa shape index (κ1) is 22.7. The molecule has 0 radical (unpaired) electrons. The van der Waals surface area contributed by atoms with Crippen LogP contribution in [0.2, 0.25) is 0 Å². The monoisotopic (exact) mass is 446 g/mol. The number of nitrogens with one attached hydrogen (secondary N) is 1. The summed E-state index contributed by atoms with van der Waals surface area (Å²) < 4.78 is 16.5. The molecule has 6 nitrogen and oxygen atoms in total. The molecule has 1 aliphatic heterocycles. The molecule has 1 heterocycles. The largest absolute Gasteiger partial charge is 0.496 e. The highest BCUT2D eigenvalue weighted by Crippen LogP contribution is 2.40. The minimum absolute atomic E-state index is 0.0224. The maximum Gasteiger partial charge on any atom is 0.234 e. The van der Waals surface area contributed by atoms with E-state index in [1.54, 1.807) is 21.3 Å². The lowest BCUT2D eigenvalue weighted by Crippen LogP contribution is -2.43. The number of hydrogen-bond acceptors (Lipinski definition) is 5. The van der Waals surface area contributed by atoms with Gasteiger partial charge in [-0.05, 0) is 41.3 Å². The number of ether oxygens (including phenoxy) is 3. The third-order valence-corrected chi connectivity index (χ3v) is 6.10. The summed E-state index contributed by atoms with van der Waals surface area (Å²) in [6, 6.07) is 22.1. The Kier molecular flexibility index (Phi) is 7.15. The topological polar surface area (TPSA) is 60.0 Å². The van der Waals surface area contributed by atoms with E-state index >= 15 is 0 Å². The molecule has 3 aromatic rings. The van der Waals surface area contributed by atoms with E-state index in [-0.39, 0.29) is 11.9 Å². The quantitative estimate of drug-likeness (QED) is 0.567. The third-order valence-electron chi connectivity index (χ3n) is 6.10. The lowest BCUT2D eigenvalue weighted by molar-refractivity contribution is -0.122. The second kappa shape index (κ2) is 10.4. The molecule has 0 saturated heterocycles. The summed E-state index contributed by atoms with van der Waals surface area (Å²) in [6.07, 6.45) is 0.832. The molecule has 1 amide bonds. The number of para-hydroxylation sites is 1. The minimum Gasteiger partial charge on any atom is -0.496 e. The van der Waals surface area contributed by atoms with Crippen molar-refractivity contribution in [3.05, 3.63) is 89.0 Å². The summed E-state index contributed by atoms with van der Waals surface area (Å²) in [5.74, 6) is 2.17. The van der Waals surface area contributed by atoms with Crippen molar-refractivity contribution in [2.75, 3.05) is 34.4 Å². The van der Waals surface area contributed by atoms with Crippen molar-refractivity contribution in [1.82, 2.24) is 10.2 Å². The zero-order valence-electron chi connectivity index (χ0n) is 19.3. The molecule has 0 bridgehead atoms. The first-order valence-corrected chi connectivity index (χ1v) is 11.1. The molecule has 0 fully saturated rings. The van der Waals surface area contributed by atoms with Crippen LogP contribution in [0.25, 0.3) is 0 Å². The van der Waals surface area contributed by atoms with Gasteiger partial charge >= 0.3 is 0 Å². The second-order valence-electron chi connectivity index (χ2n) is 8.03. The van der Waals surface area contributed by atoms with Crippen LogP contribution in [0, 0.1) is 0 Å². The van der Waals surface area contributed by atoms with Gasteiger partial charge in [-0.2, -0.15) is 0 Å². The number of nitrogens with zero attached hydrogens (tertiary/aromatic N) is 1. The van der Waals surface area contributed by atoms with Crippen LogP contribution in [0.3, 0.4) is 0 Å². The number of hydrogen-bond donors (Lipinski definition) is 1. The predicted molar refractivity (Wildman–Crippen MR) is 128 cm³/mol. The van der Waals surface area contributed by atoms with Crippen molar-refractivity contribution >= 4 is 5.91 Å². The number of carbonyl (C=O) groups excluding carboxylic acids is 1. The van der Waals surface area contributed by atoms with Crippen molar-refractivity contribution in [2.45, 2.75) is 19.0 Å². The molecule has 0 aromatic heterocycles. The van der Waals surface area contributed by atoms with Gasteiger partial charge in [0, 0.05) is 18.7 Å². The number of rotatable bonds is 8.